The first-order valence-electron chi connectivity index (χ1n) is 20.6. The van der Waals surface area contributed by atoms with Crippen molar-refractivity contribution in [3.05, 3.63) is 211 Å². The summed E-state index contributed by atoms with van der Waals surface area (Å²) in [7, 11) is 0. The van der Waals surface area contributed by atoms with Gasteiger partial charge in [0.05, 0.1) is 0 Å². The second-order valence-electron chi connectivity index (χ2n) is 17.8. The summed E-state index contributed by atoms with van der Waals surface area (Å²) in [6.07, 6.45) is 0. The van der Waals surface area contributed by atoms with Gasteiger partial charge in [-0.25, -0.2) is 0 Å². The van der Waals surface area contributed by atoms with E-state index < -0.39 is 0 Å². The van der Waals surface area contributed by atoms with Crippen LogP contribution in [0.4, 0.5) is 17.1 Å². The Kier molecular flexibility index (Phi) is 9.29. The molecule has 0 amide bonds. The largest absolute Gasteiger partial charge is 0.310 e. The van der Waals surface area contributed by atoms with Gasteiger partial charge < -0.3 is 4.90 Å². The van der Waals surface area contributed by atoms with Gasteiger partial charge >= 0.3 is 0 Å². The summed E-state index contributed by atoms with van der Waals surface area (Å²) >= 11 is 0. The lowest BCUT2D eigenvalue weighted by Crippen LogP contribution is -2.50. The van der Waals surface area contributed by atoms with Crippen LogP contribution in [0.3, 0.4) is 0 Å². The van der Waals surface area contributed by atoms with Crippen molar-refractivity contribution in [2.24, 2.45) is 10.8 Å². The third-order valence-corrected chi connectivity index (χ3v) is 12.4. The van der Waals surface area contributed by atoms with Gasteiger partial charge in [-0.2, -0.15) is 0 Å². The molecule has 0 aromatic heterocycles. The van der Waals surface area contributed by atoms with Crippen molar-refractivity contribution in [3.63, 3.8) is 0 Å². The van der Waals surface area contributed by atoms with Gasteiger partial charge in [-0.1, -0.05) is 199 Å². The topological polar surface area (TPSA) is 3.24 Å². The molecular weight excluding hydrogens is 699 g/mol. The molecule has 1 aliphatic carbocycles. The monoisotopic (exact) mass is 749 g/mol. The second-order valence-corrected chi connectivity index (χ2v) is 17.8. The quantitative estimate of drug-likeness (QED) is 0.157. The number of rotatable bonds is 7. The van der Waals surface area contributed by atoms with Crippen molar-refractivity contribution in [3.8, 4) is 55.6 Å². The van der Waals surface area contributed by atoms with Crippen LogP contribution in [-0.2, 0) is 5.41 Å². The fourth-order valence-electron chi connectivity index (χ4n) is 10.2. The van der Waals surface area contributed by atoms with Crippen molar-refractivity contribution in [1.29, 1.82) is 0 Å². The molecule has 9 rings (SSSR count). The van der Waals surface area contributed by atoms with E-state index in [1.807, 2.05) is 0 Å². The molecule has 0 heterocycles. The van der Waals surface area contributed by atoms with Crippen molar-refractivity contribution in [1.82, 2.24) is 0 Å². The minimum Gasteiger partial charge on any atom is -0.310 e. The lowest BCUT2D eigenvalue weighted by Gasteiger charge is -2.53. The summed E-state index contributed by atoms with van der Waals surface area (Å²) in [6, 6.07) is 73.5. The van der Waals surface area contributed by atoms with Crippen LogP contribution in [-0.4, -0.2) is 0 Å². The molecule has 0 fully saturated rings. The van der Waals surface area contributed by atoms with E-state index in [0.717, 1.165) is 17.1 Å². The fraction of sp³-hybridized carbons (Fsp3) is 0.158. The van der Waals surface area contributed by atoms with Crippen LogP contribution in [0.25, 0.3) is 55.6 Å². The van der Waals surface area contributed by atoms with Crippen molar-refractivity contribution in [2.75, 3.05) is 4.90 Å². The van der Waals surface area contributed by atoms with Crippen molar-refractivity contribution in [2.45, 2.75) is 47.0 Å². The number of benzene rings is 8. The van der Waals surface area contributed by atoms with Gasteiger partial charge in [0.1, 0.15) is 0 Å². The fourth-order valence-corrected chi connectivity index (χ4v) is 10.2. The molecule has 0 saturated heterocycles. The maximum Gasteiger partial charge on any atom is 0.0465 e. The zero-order valence-electron chi connectivity index (χ0n) is 34.5. The summed E-state index contributed by atoms with van der Waals surface area (Å²) in [5, 5.41) is 0. The minimum atomic E-state index is -0.291. The van der Waals surface area contributed by atoms with Gasteiger partial charge in [0.25, 0.3) is 0 Å². The zero-order valence-corrected chi connectivity index (χ0v) is 34.5. The molecule has 58 heavy (non-hydrogen) atoms. The van der Waals surface area contributed by atoms with Gasteiger partial charge in [-0.15, -0.1) is 0 Å². The number of hydrogen-bond acceptors (Lipinski definition) is 1. The highest BCUT2D eigenvalue weighted by atomic mass is 15.1. The SMILES string of the molecule is CC(C)(C)C1(C(C)(C)C)c2cc(-c3ccc(-c4ccccc4)cc3)ccc2-c2ccc(N(c3ccc(-c4ccccc4)cc3)c3ccc(-c4ccccc4)cc3)cc21. The molecule has 8 aromatic rings. The molecule has 0 saturated carbocycles. The Morgan fingerprint density at radius 3 is 0.983 bits per heavy atom. The normalized spacial score (nSPS) is 13.1. The van der Waals surface area contributed by atoms with Crippen LogP contribution < -0.4 is 4.90 Å². The molecule has 1 nitrogen and oxygen atoms in total. The van der Waals surface area contributed by atoms with E-state index in [-0.39, 0.29) is 16.2 Å². The first kappa shape index (κ1) is 37.2. The Morgan fingerprint density at radius 1 is 0.293 bits per heavy atom. The summed E-state index contributed by atoms with van der Waals surface area (Å²) in [5.41, 5.74) is 18.2. The molecule has 0 aliphatic heterocycles. The van der Waals surface area contributed by atoms with E-state index >= 15 is 0 Å². The lowest BCUT2D eigenvalue weighted by molar-refractivity contribution is 0.0951. The van der Waals surface area contributed by atoms with Crippen molar-refractivity contribution < 1.29 is 0 Å². The van der Waals surface area contributed by atoms with Crippen LogP contribution in [0.2, 0.25) is 0 Å². The average Bonchev–Trinajstić information content (AvgIpc) is 3.56. The Bertz CT molecular complexity index is 2580. The molecule has 1 heteroatoms. The molecule has 0 spiro atoms. The van der Waals surface area contributed by atoms with Crippen LogP contribution in [0.1, 0.15) is 52.7 Å². The van der Waals surface area contributed by atoms with E-state index in [2.05, 4.69) is 247 Å². The number of fused-ring (bicyclic) bond motifs is 3. The van der Waals surface area contributed by atoms with E-state index in [9.17, 15) is 0 Å². The lowest BCUT2D eigenvalue weighted by atomic mass is 9.50. The van der Waals surface area contributed by atoms with Gasteiger partial charge in [0.2, 0.25) is 0 Å². The molecule has 0 atom stereocenters. The third kappa shape index (κ3) is 6.36. The molecule has 284 valence electrons. The molecular formula is C57H51N. The Hall–Kier alpha value is -6.44. The highest BCUT2D eigenvalue weighted by molar-refractivity contribution is 5.89. The molecule has 0 unspecified atom stereocenters. The first-order valence-corrected chi connectivity index (χ1v) is 20.6. The summed E-state index contributed by atoms with van der Waals surface area (Å²) < 4.78 is 0. The van der Waals surface area contributed by atoms with E-state index in [4.69, 9.17) is 0 Å². The van der Waals surface area contributed by atoms with E-state index in [1.54, 1.807) is 0 Å². The summed E-state index contributed by atoms with van der Waals surface area (Å²) in [6.45, 7) is 14.6. The molecule has 0 N–H and O–H groups in total. The maximum absolute atomic E-state index is 2.51. The van der Waals surface area contributed by atoms with E-state index in [0.29, 0.717) is 0 Å². The molecule has 8 aromatic carbocycles. The summed E-state index contributed by atoms with van der Waals surface area (Å²) in [5.74, 6) is 0. The zero-order chi connectivity index (χ0) is 40.1. The van der Waals surface area contributed by atoms with Crippen LogP contribution in [0, 0.1) is 10.8 Å². The predicted octanol–water partition coefficient (Wildman–Crippen LogP) is 16.2. The maximum atomic E-state index is 2.51. The first-order chi connectivity index (χ1) is 28.0. The number of nitrogens with zero attached hydrogens (tertiary/aromatic N) is 1. The highest BCUT2D eigenvalue weighted by Gasteiger charge is 2.57. The minimum absolute atomic E-state index is 0.112. The standard InChI is InChI=1S/C57H51N/c1-55(2,3)57(56(4,5)6)53-38-47(46-24-22-43(23-25-46)40-16-10-7-11-17-40)30-36-51(53)52-37-35-50(39-54(52)57)58(48-31-26-44(27-32-48)41-18-12-8-13-19-41)49-33-28-45(29-34-49)42-20-14-9-15-21-42/h7-39H,1-6H3. The molecule has 0 radical (unpaired) electrons. The third-order valence-electron chi connectivity index (χ3n) is 12.4. The molecule has 0 bridgehead atoms. The Morgan fingerprint density at radius 2 is 0.586 bits per heavy atom. The molecule has 1 aliphatic rings. The summed E-state index contributed by atoms with van der Waals surface area (Å²) in [4.78, 5) is 2.43. The van der Waals surface area contributed by atoms with Crippen LogP contribution in [0.5, 0.6) is 0 Å². The highest BCUT2D eigenvalue weighted by Crippen LogP contribution is 2.65. The van der Waals surface area contributed by atoms with Gasteiger partial charge in [0.15, 0.2) is 0 Å². The number of anilines is 3. The number of hydrogen-bond donors (Lipinski definition) is 0. The predicted molar refractivity (Wildman–Crippen MR) is 248 cm³/mol. The average molecular weight is 750 g/mol. The Labute approximate surface area is 345 Å². The van der Waals surface area contributed by atoms with Gasteiger partial charge in [-0.3, -0.25) is 0 Å². The Balaban J connectivity index is 1.19. The van der Waals surface area contributed by atoms with Crippen LogP contribution in [0.15, 0.2) is 200 Å². The van der Waals surface area contributed by atoms with Gasteiger partial charge in [0, 0.05) is 22.5 Å². The smallest absolute Gasteiger partial charge is 0.0465 e. The second kappa shape index (κ2) is 14.5. The van der Waals surface area contributed by atoms with Crippen LogP contribution >= 0.6 is 0 Å². The van der Waals surface area contributed by atoms with Crippen molar-refractivity contribution >= 4 is 17.1 Å². The van der Waals surface area contributed by atoms with E-state index in [1.165, 1.54) is 66.8 Å². The van der Waals surface area contributed by atoms with Gasteiger partial charge in [-0.05, 0) is 120 Å².